The van der Waals surface area contributed by atoms with Crippen molar-refractivity contribution in [2.24, 2.45) is 0 Å². The summed E-state index contributed by atoms with van der Waals surface area (Å²) >= 11 is 0. The molecule has 0 N–H and O–H groups in total. The Morgan fingerprint density at radius 1 is 0.720 bits per heavy atom. The highest BCUT2D eigenvalue weighted by atomic mass is 15.1. The van der Waals surface area contributed by atoms with E-state index in [0.717, 1.165) is 25.2 Å². The summed E-state index contributed by atoms with van der Waals surface area (Å²) in [7, 11) is 0. The van der Waals surface area contributed by atoms with Gasteiger partial charge in [-0.3, -0.25) is 4.90 Å². The maximum absolute atomic E-state index is 3.33. The molecule has 0 saturated heterocycles. The summed E-state index contributed by atoms with van der Waals surface area (Å²) in [5.74, 6) is 6.60. The number of nitrogens with zero attached hydrogens (tertiary/aromatic N) is 1. The van der Waals surface area contributed by atoms with Crippen molar-refractivity contribution < 1.29 is 0 Å². The first-order valence-electron chi connectivity index (χ1n) is 8.65. The molecule has 1 heteroatoms. The summed E-state index contributed by atoms with van der Waals surface area (Å²) in [5, 5.41) is 0. The predicted molar refractivity (Wildman–Crippen MR) is 105 cm³/mol. The molecule has 0 saturated carbocycles. The fourth-order valence-electron chi connectivity index (χ4n) is 2.85. The van der Waals surface area contributed by atoms with Gasteiger partial charge < -0.3 is 0 Å². The molecule has 0 heterocycles. The Kier molecular flexibility index (Phi) is 6.04. The van der Waals surface area contributed by atoms with Crippen LogP contribution in [0.25, 0.3) is 0 Å². The molecule has 0 unspecified atom stereocenters. The van der Waals surface area contributed by atoms with Gasteiger partial charge in [-0.1, -0.05) is 90.2 Å². The van der Waals surface area contributed by atoms with Crippen LogP contribution in [-0.2, 0) is 13.1 Å². The Bertz CT molecular complexity index is 841. The van der Waals surface area contributed by atoms with Crippen LogP contribution in [0, 0.1) is 18.8 Å². The van der Waals surface area contributed by atoms with E-state index in [1.54, 1.807) is 0 Å². The second-order valence-corrected chi connectivity index (χ2v) is 6.29. The number of hydrogen-bond acceptors (Lipinski definition) is 1. The predicted octanol–water partition coefficient (Wildman–Crippen LogP) is 5.05. The molecule has 0 bridgehead atoms. The molecule has 0 radical (unpaired) electrons. The molecule has 1 nitrogen and oxygen atoms in total. The summed E-state index contributed by atoms with van der Waals surface area (Å²) in [4.78, 5) is 2.39. The summed E-state index contributed by atoms with van der Waals surface area (Å²) in [6, 6.07) is 29.5. The smallest absolute Gasteiger partial charge is 0.0611 e. The molecule has 0 aliphatic carbocycles. The number of benzene rings is 3. The van der Waals surface area contributed by atoms with Crippen molar-refractivity contribution in [1.29, 1.82) is 0 Å². The van der Waals surface area contributed by atoms with E-state index in [-0.39, 0.29) is 0 Å². The van der Waals surface area contributed by atoms with Crippen molar-refractivity contribution in [2.45, 2.75) is 20.0 Å². The van der Waals surface area contributed by atoms with E-state index in [9.17, 15) is 0 Å². The van der Waals surface area contributed by atoms with E-state index in [1.807, 2.05) is 18.2 Å². The Balaban J connectivity index is 1.73. The van der Waals surface area contributed by atoms with Crippen LogP contribution < -0.4 is 0 Å². The van der Waals surface area contributed by atoms with Crippen LogP contribution in [0.2, 0.25) is 0 Å². The fraction of sp³-hybridized carbons (Fsp3) is 0.167. The highest BCUT2D eigenvalue weighted by Gasteiger charge is 2.06. The van der Waals surface area contributed by atoms with Gasteiger partial charge in [0.25, 0.3) is 0 Å². The van der Waals surface area contributed by atoms with Crippen LogP contribution in [-0.4, -0.2) is 11.4 Å². The molecule has 0 aliphatic heterocycles. The van der Waals surface area contributed by atoms with Crippen LogP contribution in [0.1, 0.15) is 22.3 Å². The van der Waals surface area contributed by atoms with Gasteiger partial charge in [-0.15, -0.1) is 0 Å². The topological polar surface area (TPSA) is 3.24 Å². The van der Waals surface area contributed by atoms with Gasteiger partial charge in [-0.2, -0.15) is 0 Å². The second-order valence-electron chi connectivity index (χ2n) is 6.29. The highest BCUT2D eigenvalue weighted by molar-refractivity contribution is 5.34. The highest BCUT2D eigenvalue weighted by Crippen LogP contribution is 2.11. The lowest BCUT2D eigenvalue weighted by molar-refractivity contribution is 0.290. The molecule has 0 aliphatic rings. The third kappa shape index (κ3) is 5.64. The van der Waals surface area contributed by atoms with E-state index >= 15 is 0 Å². The van der Waals surface area contributed by atoms with Gasteiger partial charge in [0.05, 0.1) is 6.54 Å². The van der Waals surface area contributed by atoms with Crippen LogP contribution in [0.15, 0.2) is 84.9 Å². The van der Waals surface area contributed by atoms with Crippen molar-refractivity contribution in [1.82, 2.24) is 4.90 Å². The molecule has 0 atom stereocenters. The minimum absolute atomic E-state index is 0.748. The standard InChI is InChI=1S/C24H23N/c1-21-10-8-15-24(18-21)20-25(19-23-13-6-3-7-14-23)17-9-16-22-11-4-2-5-12-22/h2-8,10-15,18H,17,19-20H2,1H3. The van der Waals surface area contributed by atoms with Crippen LogP contribution in [0.3, 0.4) is 0 Å². The molecule has 0 spiro atoms. The van der Waals surface area contributed by atoms with Crippen molar-refractivity contribution >= 4 is 0 Å². The van der Waals surface area contributed by atoms with Gasteiger partial charge in [-0.25, -0.2) is 0 Å². The van der Waals surface area contributed by atoms with Gasteiger partial charge in [-0.05, 0) is 30.2 Å². The monoisotopic (exact) mass is 325 g/mol. The fourth-order valence-corrected chi connectivity index (χ4v) is 2.85. The van der Waals surface area contributed by atoms with Gasteiger partial charge >= 0.3 is 0 Å². The first-order valence-corrected chi connectivity index (χ1v) is 8.65. The molecule has 3 rings (SSSR count). The first kappa shape index (κ1) is 17.0. The third-order valence-corrected chi connectivity index (χ3v) is 4.05. The summed E-state index contributed by atoms with van der Waals surface area (Å²) in [6.45, 7) is 4.69. The quantitative estimate of drug-likeness (QED) is 0.593. The maximum Gasteiger partial charge on any atom is 0.0611 e. The van der Waals surface area contributed by atoms with Crippen molar-refractivity contribution in [3.63, 3.8) is 0 Å². The van der Waals surface area contributed by atoms with Crippen molar-refractivity contribution in [3.05, 3.63) is 107 Å². The normalized spacial score (nSPS) is 10.3. The van der Waals surface area contributed by atoms with Gasteiger partial charge in [0, 0.05) is 18.7 Å². The van der Waals surface area contributed by atoms with Crippen LogP contribution in [0.4, 0.5) is 0 Å². The van der Waals surface area contributed by atoms with E-state index < -0.39 is 0 Å². The largest absolute Gasteiger partial charge is 0.284 e. The number of rotatable bonds is 5. The Hall–Kier alpha value is -2.82. The average Bonchev–Trinajstić information content (AvgIpc) is 2.63. The van der Waals surface area contributed by atoms with E-state index in [1.165, 1.54) is 16.7 Å². The molecule has 0 fully saturated rings. The average molecular weight is 325 g/mol. The van der Waals surface area contributed by atoms with Crippen molar-refractivity contribution in [2.75, 3.05) is 6.54 Å². The lowest BCUT2D eigenvalue weighted by atomic mass is 10.1. The lowest BCUT2D eigenvalue weighted by Gasteiger charge is -2.20. The van der Waals surface area contributed by atoms with Crippen molar-refractivity contribution in [3.8, 4) is 11.8 Å². The second kappa shape index (κ2) is 8.87. The molecule has 0 amide bonds. The molecule has 0 aromatic heterocycles. The first-order chi connectivity index (χ1) is 12.3. The minimum atomic E-state index is 0.748. The minimum Gasteiger partial charge on any atom is -0.284 e. The number of aryl methyl sites for hydroxylation is 1. The molecule has 3 aromatic carbocycles. The SMILES string of the molecule is Cc1cccc(CN(CC#Cc2ccccc2)Cc2ccccc2)c1. The zero-order chi connectivity index (χ0) is 17.3. The number of hydrogen-bond donors (Lipinski definition) is 0. The molecule has 124 valence electrons. The van der Waals surface area contributed by atoms with Gasteiger partial charge in [0.1, 0.15) is 0 Å². The maximum atomic E-state index is 3.33. The zero-order valence-corrected chi connectivity index (χ0v) is 14.7. The van der Waals surface area contributed by atoms with Crippen LogP contribution >= 0.6 is 0 Å². The summed E-state index contributed by atoms with van der Waals surface area (Å²) in [5.41, 5.74) is 5.01. The van der Waals surface area contributed by atoms with Gasteiger partial charge in [0.15, 0.2) is 0 Å². The molecular weight excluding hydrogens is 302 g/mol. The Morgan fingerprint density at radius 3 is 2.08 bits per heavy atom. The van der Waals surface area contributed by atoms with E-state index in [0.29, 0.717) is 0 Å². The van der Waals surface area contributed by atoms with Crippen LogP contribution in [0.5, 0.6) is 0 Å². The molecular formula is C24H23N. The lowest BCUT2D eigenvalue weighted by Crippen LogP contribution is -2.23. The Labute approximate surface area is 150 Å². The summed E-state index contributed by atoms with van der Waals surface area (Å²) in [6.07, 6.45) is 0. The Morgan fingerprint density at radius 2 is 1.36 bits per heavy atom. The van der Waals surface area contributed by atoms with E-state index in [2.05, 4.69) is 90.4 Å². The summed E-state index contributed by atoms with van der Waals surface area (Å²) < 4.78 is 0. The molecule has 25 heavy (non-hydrogen) atoms. The van der Waals surface area contributed by atoms with Gasteiger partial charge in [0.2, 0.25) is 0 Å². The molecule has 3 aromatic rings. The zero-order valence-electron chi connectivity index (χ0n) is 14.7. The van der Waals surface area contributed by atoms with E-state index in [4.69, 9.17) is 0 Å². The third-order valence-electron chi connectivity index (χ3n) is 4.05.